The maximum absolute atomic E-state index is 5.46. The Bertz CT molecular complexity index is 2640. The van der Waals surface area contributed by atoms with Crippen LogP contribution < -0.4 is 0 Å². The van der Waals surface area contributed by atoms with E-state index in [2.05, 4.69) is 144 Å². The van der Waals surface area contributed by atoms with Gasteiger partial charge >= 0.3 is 21.1 Å². The first-order chi connectivity index (χ1) is 25.8. The van der Waals surface area contributed by atoms with Gasteiger partial charge in [0.1, 0.15) is 5.82 Å². The summed E-state index contributed by atoms with van der Waals surface area (Å²) in [5.41, 5.74) is 13.8. The topological polar surface area (TPSA) is 44.8 Å². The van der Waals surface area contributed by atoms with Gasteiger partial charge in [0.05, 0.1) is 11.0 Å². The van der Waals surface area contributed by atoms with Crippen LogP contribution in [0.15, 0.2) is 194 Å². The molecule has 5 heteroatoms. The molecule has 53 heavy (non-hydrogen) atoms. The van der Waals surface area contributed by atoms with Crippen molar-refractivity contribution in [3.63, 3.8) is 0 Å². The number of hydrogen-bond acceptors (Lipinski definition) is 2. The van der Waals surface area contributed by atoms with E-state index in [9.17, 15) is 0 Å². The molecule has 0 aliphatic carbocycles. The number of nitrogens with zero attached hydrogens (tertiary/aromatic N) is 4. The molecule has 0 amide bonds. The van der Waals surface area contributed by atoms with Crippen LogP contribution >= 0.6 is 0 Å². The van der Waals surface area contributed by atoms with E-state index in [0.717, 1.165) is 84.1 Å². The number of aromatic nitrogens is 3. The molecule has 0 spiro atoms. The maximum Gasteiger partial charge on any atom is 2.00 e. The molecular weight excluding hydrogens is 828 g/mol. The van der Waals surface area contributed by atoms with Crippen molar-refractivity contribution in [3.05, 3.63) is 206 Å². The van der Waals surface area contributed by atoms with E-state index in [4.69, 9.17) is 15.3 Å². The number of hydrogen-bond donors (Lipinski definition) is 0. The van der Waals surface area contributed by atoms with Crippen LogP contribution in [0.2, 0.25) is 0 Å². The van der Waals surface area contributed by atoms with Crippen LogP contribution in [0.4, 0.5) is 11.4 Å². The third-order valence-corrected chi connectivity index (χ3v) is 9.26. The summed E-state index contributed by atoms with van der Waals surface area (Å²) >= 11 is 0. The molecule has 0 bridgehead atoms. The molecule has 0 saturated heterocycles. The molecule has 0 radical (unpaired) electrons. The first-order valence-electron chi connectivity index (χ1n) is 17.4. The largest absolute Gasteiger partial charge is 2.00 e. The third kappa shape index (κ3) is 6.85. The molecule has 9 rings (SSSR count). The Kier molecular flexibility index (Phi) is 9.62. The van der Waals surface area contributed by atoms with E-state index in [1.165, 1.54) is 0 Å². The van der Waals surface area contributed by atoms with Gasteiger partial charge in [-0.2, -0.15) is 0 Å². The van der Waals surface area contributed by atoms with Crippen LogP contribution in [-0.2, 0) is 21.1 Å². The van der Waals surface area contributed by atoms with E-state index >= 15 is 0 Å². The summed E-state index contributed by atoms with van der Waals surface area (Å²) in [6.07, 6.45) is 1.88. The van der Waals surface area contributed by atoms with Crippen molar-refractivity contribution >= 4 is 22.4 Å². The van der Waals surface area contributed by atoms with Crippen molar-refractivity contribution < 1.29 is 21.1 Å². The summed E-state index contributed by atoms with van der Waals surface area (Å²) in [5.74, 6) is 0.820. The Morgan fingerprint density at radius 1 is 0.491 bits per heavy atom. The number of para-hydroxylation sites is 4. The molecule has 0 N–H and O–H groups in total. The summed E-state index contributed by atoms with van der Waals surface area (Å²) in [7, 11) is 0. The smallest absolute Gasteiger partial charge is 0.657 e. The zero-order valence-corrected chi connectivity index (χ0v) is 30.9. The molecule has 9 aromatic rings. The number of imidazole rings is 1. The van der Waals surface area contributed by atoms with Crippen LogP contribution in [0, 0.1) is 6.07 Å². The van der Waals surface area contributed by atoms with Gasteiger partial charge in [-0.15, -0.1) is 35.1 Å². The van der Waals surface area contributed by atoms with E-state index < -0.39 is 0 Å². The van der Waals surface area contributed by atoms with Crippen LogP contribution in [0.5, 0.6) is 0 Å². The maximum atomic E-state index is 5.46. The Hall–Kier alpha value is -6.35. The van der Waals surface area contributed by atoms with Gasteiger partial charge in [-0.1, -0.05) is 168 Å². The van der Waals surface area contributed by atoms with Gasteiger partial charge < -0.3 is 5.32 Å². The SMILES string of the molecule is [Pt+2].[c-]1c(-c2cc(-c3ccccc3)ccn2)cc(-c2ccccc2)cc1-c1cccc2c1nc(-c1ccccc1[N-]c1ccccc1)n2-c1ccccc1. The van der Waals surface area contributed by atoms with E-state index in [1.54, 1.807) is 0 Å². The molecule has 2 aromatic heterocycles. The number of rotatable bonds is 8. The van der Waals surface area contributed by atoms with Crippen LogP contribution in [-0.4, -0.2) is 14.5 Å². The van der Waals surface area contributed by atoms with Gasteiger partial charge in [0, 0.05) is 23.1 Å². The minimum atomic E-state index is 0. The van der Waals surface area contributed by atoms with Gasteiger partial charge in [-0.3, -0.25) is 9.55 Å². The Morgan fingerprint density at radius 2 is 1.09 bits per heavy atom. The average molecular weight is 860 g/mol. The molecule has 2 heterocycles. The van der Waals surface area contributed by atoms with Crippen LogP contribution in [0.25, 0.3) is 78.1 Å². The standard InChI is InChI=1S/C48H32N4.Pt/c1-5-16-34(17-6-1)36-28-29-49-45(33-36)39-31-37(35-18-7-2-8-19-35)30-38(32-39)42-25-15-27-46-47(42)51-48(52(46)41-22-11-4-12-23-41)43-24-13-14-26-44(43)50-40-20-9-3-10-21-40;/h1-31,33H;/q-2;+2. The van der Waals surface area contributed by atoms with Crippen LogP contribution in [0.3, 0.4) is 0 Å². The zero-order valence-electron chi connectivity index (χ0n) is 28.6. The second-order valence-corrected chi connectivity index (χ2v) is 12.6. The van der Waals surface area contributed by atoms with Crippen molar-refractivity contribution in [2.75, 3.05) is 0 Å². The van der Waals surface area contributed by atoms with E-state index in [-0.39, 0.29) is 21.1 Å². The first kappa shape index (κ1) is 33.8. The first-order valence-corrected chi connectivity index (χ1v) is 17.4. The average Bonchev–Trinajstić information content (AvgIpc) is 3.62. The summed E-state index contributed by atoms with van der Waals surface area (Å²) < 4.78 is 2.24. The molecule has 254 valence electrons. The van der Waals surface area contributed by atoms with Gasteiger partial charge in [0.15, 0.2) is 0 Å². The minimum absolute atomic E-state index is 0. The van der Waals surface area contributed by atoms with Crippen molar-refractivity contribution in [1.29, 1.82) is 0 Å². The van der Waals surface area contributed by atoms with Gasteiger partial charge in [-0.25, -0.2) is 4.98 Å². The number of pyridine rings is 1. The molecule has 0 saturated carbocycles. The molecular formula is C48H32N4Pt. The Labute approximate surface area is 323 Å². The normalized spacial score (nSPS) is 10.9. The fourth-order valence-corrected chi connectivity index (χ4v) is 6.78. The molecule has 0 aliphatic heterocycles. The van der Waals surface area contributed by atoms with Gasteiger partial charge in [0.25, 0.3) is 0 Å². The van der Waals surface area contributed by atoms with Crippen molar-refractivity contribution in [3.8, 4) is 61.7 Å². The predicted molar refractivity (Wildman–Crippen MR) is 214 cm³/mol. The fraction of sp³-hybridized carbons (Fsp3) is 0. The van der Waals surface area contributed by atoms with Gasteiger partial charge in [0.2, 0.25) is 0 Å². The quantitative estimate of drug-likeness (QED) is 0.143. The fourth-order valence-electron chi connectivity index (χ4n) is 6.78. The molecule has 4 nitrogen and oxygen atoms in total. The Balaban J connectivity index is 0.00000400. The van der Waals surface area contributed by atoms with Crippen molar-refractivity contribution in [2.45, 2.75) is 0 Å². The second kappa shape index (κ2) is 15.1. The number of fused-ring (bicyclic) bond motifs is 1. The van der Waals surface area contributed by atoms with Crippen molar-refractivity contribution in [1.82, 2.24) is 14.5 Å². The third-order valence-electron chi connectivity index (χ3n) is 9.26. The molecule has 7 aromatic carbocycles. The molecule has 0 unspecified atom stereocenters. The zero-order chi connectivity index (χ0) is 34.7. The predicted octanol–water partition coefficient (Wildman–Crippen LogP) is 12.9. The monoisotopic (exact) mass is 859 g/mol. The molecule has 0 atom stereocenters. The molecule has 0 aliphatic rings. The van der Waals surface area contributed by atoms with E-state index in [0.29, 0.717) is 0 Å². The van der Waals surface area contributed by atoms with E-state index in [1.807, 2.05) is 60.8 Å². The summed E-state index contributed by atoms with van der Waals surface area (Å²) in [5, 5.41) is 5.06. The molecule has 0 fully saturated rings. The second-order valence-electron chi connectivity index (χ2n) is 12.6. The van der Waals surface area contributed by atoms with Crippen molar-refractivity contribution in [2.24, 2.45) is 0 Å². The Morgan fingerprint density at radius 3 is 1.83 bits per heavy atom. The summed E-state index contributed by atoms with van der Waals surface area (Å²) in [6.45, 7) is 0. The summed E-state index contributed by atoms with van der Waals surface area (Å²) in [4.78, 5) is 10.3. The van der Waals surface area contributed by atoms with Gasteiger partial charge in [-0.05, 0) is 41.0 Å². The minimum Gasteiger partial charge on any atom is -0.657 e. The van der Waals surface area contributed by atoms with Crippen LogP contribution in [0.1, 0.15) is 0 Å². The summed E-state index contributed by atoms with van der Waals surface area (Å²) in [6, 6.07) is 68.4. The number of benzene rings is 7.